The minimum Gasteiger partial charge on any atom is -0.444 e. The van der Waals surface area contributed by atoms with Crippen LogP contribution >= 0.6 is 0 Å². The predicted molar refractivity (Wildman–Crippen MR) is 83.8 cm³/mol. The molecule has 1 saturated heterocycles. The summed E-state index contributed by atoms with van der Waals surface area (Å²) >= 11 is 0. The third kappa shape index (κ3) is 5.38. The van der Waals surface area contributed by atoms with Crippen LogP contribution < -0.4 is 5.73 Å². The molecule has 1 aromatic rings. The Bertz CT molecular complexity index is 451. The van der Waals surface area contributed by atoms with E-state index in [0.717, 1.165) is 38.9 Å². The molecule has 0 aromatic heterocycles. The van der Waals surface area contributed by atoms with E-state index in [1.807, 2.05) is 13.8 Å². The zero-order chi connectivity index (χ0) is 15.3. The Morgan fingerprint density at radius 2 is 1.90 bits per heavy atom. The molecule has 1 fully saturated rings. The average Bonchev–Trinajstić information content (AvgIpc) is 2.40. The van der Waals surface area contributed by atoms with E-state index in [1.165, 1.54) is 5.56 Å². The van der Waals surface area contributed by atoms with Crippen LogP contribution in [0.1, 0.15) is 38.7 Å². The van der Waals surface area contributed by atoms with E-state index in [-0.39, 0.29) is 0 Å². The van der Waals surface area contributed by atoms with Gasteiger partial charge in [0.1, 0.15) is 5.60 Å². The summed E-state index contributed by atoms with van der Waals surface area (Å²) in [6.07, 6.45) is 2.51. The number of carbonyl (C=O) groups excluding carboxylic acids is 1. The van der Waals surface area contributed by atoms with Gasteiger partial charge >= 0.3 is 6.09 Å². The number of hydrogen-bond acceptors (Lipinski definition) is 3. The minimum absolute atomic E-state index is 0.460. The van der Waals surface area contributed by atoms with Crippen molar-refractivity contribution in [1.82, 2.24) is 4.90 Å². The Balaban J connectivity index is 1.77. The van der Waals surface area contributed by atoms with Crippen molar-refractivity contribution < 1.29 is 9.53 Å². The van der Waals surface area contributed by atoms with Gasteiger partial charge < -0.3 is 10.5 Å². The van der Waals surface area contributed by atoms with E-state index in [0.29, 0.717) is 5.92 Å². The highest BCUT2D eigenvalue weighted by Gasteiger charge is 2.29. The van der Waals surface area contributed by atoms with Gasteiger partial charge in [-0.1, -0.05) is 30.3 Å². The number of hydrogen-bond donors (Lipinski definition) is 1. The Kier molecular flexibility index (Phi) is 5.23. The van der Waals surface area contributed by atoms with Crippen molar-refractivity contribution in [3.63, 3.8) is 0 Å². The van der Waals surface area contributed by atoms with Crippen molar-refractivity contribution in [3.05, 3.63) is 35.9 Å². The monoisotopic (exact) mass is 290 g/mol. The number of piperidine rings is 1. The highest BCUT2D eigenvalue weighted by molar-refractivity contribution is 5.65. The number of primary amides is 1. The maximum absolute atomic E-state index is 10.9. The Labute approximate surface area is 127 Å². The first-order chi connectivity index (χ1) is 9.94. The molecule has 0 saturated carbocycles. The number of ether oxygens (including phenoxy) is 1. The molecular weight excluding hydrogens is 264 g/mol. The largest absolute Gasteiger partial charge is 0.444 e. The molecule has 21 heavy (non-hydrogen) atoms. The third-order valence-electron chi connectivity index (χ3n) is 4.11. The Morgan fingerprint density at radius 3 is 2.48 bits per heavy atom. The number of carbonyl (C=O) groups is 1. The van der Waals surface area contributed by atoms with Gasteiger partial charge in [-0.05, 0) is 57.7 Å². The number of nitrogens with two attached hydrogens (primary N) is 1. The first-order valence-corrected chi connectivity index (χ1v) is 7.69. The summed E-state index contributed by atoms with van der Waals surface area (Å²) in [5, 5.41) is 0. The van der Waals surface area contributed by atoms with Crippen molar-refractivity contribution in [1.29, 1.82) is 0 Å². The fraction of sp³-hybridized carbons (Fsp3) is 0.588. The molecule has 0 unspecified atom stereocenters. The van der Waals surface area contributed by atoms with Gasteiger partial charge in [0, 0.05) is 6.54 Å². The fourth-order valence-electron chi connectivity index (χ4n) is 3.20. The minimum atomic E-state index is -0.679. The molecular formula is C17H26N2O2. The van der Waals surface area contributed by atoms with Crippen LogP contribution in [0.4, 0.5) is 4.79 Å². The molecule has 0 bridgehead atoms. The summed E-state index contributed by atoms with van der Waals surface area (Å²) < 4.78 is 5.19. The number of likely N-dealkylation sites (tertiary alicyclic amines) is 1. The van der Waals surface area contributed by atoms with Crippen LogP contribution in [0.15, 0.2) is 30.3 Å². The summed E-state index contributed by atoms with van der Waals surface area (Å²) in [6.45, 7) is 7.11. The van der Waals surface area contributed by atoms with Crippen molar-refractivity contribution in [3.8, 4) is 0 Å². The maximum Gasteiger partial charge on any atom is 0.405 e. The Hall–Kier alpha value is -1.55. The van der Waals surface area contributed by atoms with Crippen molar-refractivity contribution >= 4 is 6.09 Å². The standard InChI is InChI=1S/C17H26N2O2/c1-17(2,21-16(18)20)12-14-8-10-19(11-9-14)13-15-6-4-3-5-7-15/h3-7,14H,8-13H2,1-2H3,(H2,18,20). The first kappa shape index (κ1) is 15.8. The second kappa shape index (κ2) is 6.94. The van der Waals surface area contributed by atoms with Crippen LogP contribution in [0.5, 0.6) is 0 Å². The molecule has 0 aliphatic carbocycles. The van der Waals surface area contributed by atoms with E-state index in [4.69, 9.17) is 10.5 Å². The van der Waals surface area contributed by atoms with Gasteiger partial charge in [0.15, 0.2) is 0 Å². The smallest absolute Gasteiger partial charge is 0.405 e. The highest BCUT2D eigenvalue weighted by Crippen LogP contribution is 2.28. The lowest BCUT2D eigenvalue weighted by atomic mass is 9.86. The quantitative estimate of drug-likeness (QED) is 0.906. The Morgan fingerprint density at radius 1 is 1.29 bits per heavy atom. The first-order valence-electron chi connectivity index (χ1n) is 7.69. The molecule has 2 N–H and O–H groups in total. The summed E-state index contributed by atoms with van der Waals surface area (Å²) in [5.74, 6) is 0.603. The van der Waals surface area contributed by atoms with Gasteiger partial charge in [0.2, 0.25) is 0 Å². The molecule has 1 amide bonds. The summed E-state index contributed by atoms with van der Waals surface area (Å²) in [5.41, 5.74) is 6.03. The molecule has 0 spiro atoms. The van der Waals surface area contributed by atoms with Crippen molar-refractivity contribution in [2.24, 2.45) is 11.7 Å². The van der Waals surface area contributed by atoms with Crippen molar-refractivity contribution in [2.45, 2.75) is 45.3 Å². The summed E-state index contributed by atoms with van der Waals surface area (Å²) in [4.78, 5) is 13.4. The van der Waals surface area contributed by atoms with E-state index >= 15 is 0 Å². The normalized spacial score (nSPS) is 17.6. The third-order valence-corrected chi connectivity index (χ3v) is 4.11. The molecule has 1 aliphatic rings. The second-order valence-corrected chi connectivity index (χ2v) is 6.59. The summed E-state index contributed by atoms with van der Waals surface area (Å²) in [6, 6.07) is 10.6. The number of amides is 1. The molecule has 1 aliphatic heterocycles. The summed E-state index contributed by atoms with van der Waals surface area (Å²) in [7, 11) is 0. The fourth-order valence-corrected chi connectivity index (χ4v) is 3.20. The zero-order valence-electron chi connectivity index (χ0n) is 13.0. The van der Waals surface area contributed by atoms with E-state index in [2.05, 4.69) is 35.2 Å². The van der Waals surface area contributed by atoms with Crippen LogP contribution in [0.3, 0.4) is 0 Å². The van der Waals surface area contributed by atoms with E-state index < -0.39 is 11.7 Å². The zero-order valence-corrected chi connectivity index (χ0v) is 13.0. The van der Waals surface area contributed by atoms with E-state index in [9.17, 15) is 4.79 Å². The number of nitrogens with zero attached hydrogens (tertiary/aromatic N) is 1. The van der Waals surface area contributed by atoms with Gasteiger partial charge in [-0.2, -0.15) is 0 Å². The predicted octanol–water partition coefficient (Wildman–Crippen LogP) is 3.16. The second-order valence-electron chi connectivity index (χ2n) is 6.59. The van der Waals surface area contributed by atoms with Crippen LogP contribution in [0.25, 0.3) is 0 Å². The molecule has 4 nitrogen and oxygen atoms in total. The molecule has 2 rings (SSSR count). The lowest BCUT2D eigenvalue weighted by molar-refractivity contribution is 0.0166. The SMILES string of the molecule is CC(C)(CC1CCN(Cc2ccccc2)CC1)OC(N)=O. The van der Waals surface area contributed by atoms with E-state index in [1.54, 1.807) is 0 Å². The molecule has 0 radical (unpaired) electrons. The van der Waals surface area contributed by atoms with Gasteiger partial charge in [-0.3, -0.25) is 4.90 Å². The molecule has 4 heteroatoms. The topological polar surface area (TPSA) is 55.6 Å². The number of rotatable bonds is 5. The molecule has 0 atom stereocenters. The van der Waals surface area contributed by atoms with Crippen molar-refractivity contribution in [2.75, 3.05) is 13.1 Å². The molecule has 116 valence electrons. The molecule has 1 aromatic carbocycles. The van der Waals surface area contributed by atoms with Crippen LogP contribution in [-0.4, -0.2) is 29.7 Å². The molecule has 1 heterocycles. The van der Waals surface area contributed by atoms with Gasteiger partial charge in [0.05, 0.1) is 0 Å². The number of benzene rings is 1. The van der Waals surface area contributed by atoms with Gasteiger partial charge in [-0.25, -0.2) is 4.79 Å². The lowest BCUT2D eigenvalue weighted by Gasteiger charge is -2.35. The average molecular weight is 290 g/mol. The maximum atomic E-state index is 10.9. The lowest BCUT2D eigenvalue weighted by Crippen LogP contribution is -2.38. The van der Waals surface area contributed by atoms with Crippen LogP contribution in [0, 0.1) is 5.92 Å². The van der Waals surface area contributed by atoms with Crippen LogP contribution in [0.2, 0.25) is 0 Å². The van der Waals surface area contributed by atoms with Gasteiger partial charge in [0.25, 0.3) is 0 Å². The highest BCUT2D eigenvalue weighted by atomic mass is 16.6. The van der Waals surface area contributed by atoms with Gasteiger partial charge in [-0.15, -0.1) is 0 Å². The van der Waals surface area contributed by atoms with Crippen LogP contribution in [-0.2, 0) is 11.3 Å².